The van der Waals surface area contributed by atoms with E-state index in [1.165, 1.54) is 12.1 Å². The van der Waals surface area contributed by atoms with Gasteiger partial charge < -0.3 is 21.7 Å². The minimum absolute atomic E-state index is 0.0347. The highest BCUT2D eigenvalue weighted by Gasteiger charge is 2.10. The van der Waals surface area contributed by atoms with Crippen molar-refractivity contribution in [2.45, 2.75) is 13.8 Å². The maximum atomic E-state index is 10.1. The molecule has 0 aliphatic carbocycles. The highest BCUT2D eigenvalue weighted by Crippen LogP contribution is 2.12. The van der Waals surface area contributed by atoms with Crippen LogP contribution in [0.2, 0.25) is 0 Å². The summed E-state index contributed by atoms with van der Waals surface area (Å²) in [6, 6.07) is 12.8. The van der Waals surface area contributed by atoms with E-state index < -0.39 is 0 Å². The fourth-order valence-electron chi connectivity index (χ4n) is 1.26. The molecule has 136 valence electrons. The van der Waals surface area contributed by atoms with E-state index in [2.05, 4.69) is 0 Å². The Morgan fingerprint density at radius 2 is 1.12 bits per heavy atom. The summed E-state index contributed by atoms with van der Waals surface area (Å²) in [5, 5.41) is 17.8. The molecule has 2 aromatic rings. The van der Waals surface area contributed by atoms with Crippen LogP contribution in [0.3, 0.4) is 0 Å². The van der Waals surface area contributed by atoms with Crippen LogP contribution in [0.1, 0.15) is 34.6 Å². The summed E-state index contributed by atoms with van der Waals surface area (Å²) in [4.78, 5) is 20.1. The highest BCUT2D eigenvalue weighted by molar-refractivity contribution is 5.79. The molecule has 0 saturated carbocycles. The number of phenolic OH excluding ortho intramolecular Hbond substituents is 2. The monoisotopic (exact) mass is 346 g/mol. The van der Waals surface area contributed by atoms with Gasteiger partial charge in [-0.3, -0.25) is 9.59 Å². The Labute approximate surface area is 148 Å². The largest absolute Gasteiger partial charge is 0.507 e. The maximum absolute atomic E-state index is 10.1. The van der Waals surface area contributed by atoms with Gasteiger partial charge in [0.15, 0.2) is 12.6 Å². The lowest BCUT2D eigenvalue weighted by Crippen LogP contribution is -2.31. The maximum Gasteiger partial charge on any atom is 0.153 e. The SMILES string of the molecule is CC(C)(CN)CN.O=Cc1ccccc1O.O=Cc1ccccc1O. The van der Waals surface area contributed by atoms with Gasteiger partial charge >= 0.3 is 0 Å². The second kappa shape index (κ2) is 11.8. The number of hydrogen-bond acceptors (Lipinski definition) is 6. The van der Waals surface area contributed by atoms with Gasteiger partial charge in [0.05, 0.1) is 11.1 Å². The van der Waals surface area contributed by atoms with Crippen molar-refractivity contribution in [1.29, 1.82) is 0 Å². The highest BCUT2D eigenvalue weighted by atomic mass is 16.3. The third kappa shape index (κ3) is 9.24. The Morgan fingerprint density at radius 1 is 0.800 bits per heavy atom. The van der Waals surface area contributed by atoms with E-state index in [9.17, 15) is 9.59 Å². The second-order valence-corrected chi connectivity index (χ2v) is 5.93. The number of benzene rings is 2. The number of carbonyl (C=O) groups excluding carboxylic acids is 2. The molecular weight excluding hydrogens is 320 g/mol. The van der Waals surface area contributed by atoms with Crippen LogP contribution in [0.5, 0.6) is 11.5 Å². The van der Waals surface area contributed by atoms with Crippen LogP contribution in [0.25, 0.3) is 0 Å². The van der Waals surface area contributed by atoms with Crippen molar-refractivity contribution in [2.75, 3.05) is 13.1 Å². The van der Waals surface area contributed by atoms with Crippen LogP contribution in [-0.2, 0) is 0 Å². The first-order chi connectivity index (χ1) is 11.8. The van der Waals surface area contributed by atoms with Crippen LogP contribution in [0, 0.1) is 5.41 Å². The van der Waals surface area contributed by atoms with Crippen molar-refractivity contribution < 1.29 is 19.8 Å². The van der Waals surface area contributed by atoms with Crippen molar-refractivity contribution in [3.8, 4) is 11.5 Å². The van der Waals surface area contributed by atoms with Crippen molar-refractivity contribution in [3.63, 3.8) is 0 Å². The predicted molar refractivity (Wildman–Crippen MR) is 98.9 cm³/mol. The van der Waals surface area contributed by atoms with E-state index in [1.54, 1.807) is 36.4 Å². The molecule has 0 aliphatic rings. The number of aromatic hydroxyl groups is 2. The number of carbonyl (C=O) groups is 2. The van der Waals surface area contributed by atoms with Crippen LogP contribution >= 0.6 is 0 Å². The molecule has 6 heteroatoms. The van der Waals surface area contributed by atoms with Gasteiger partial charge in [-0.25, -0.2) is 0 Å². The molecule has 0 fully saturated rings. The molecule has 6 N–H and O–H groups in total. The van der Waals surface area contributed by atoms with Crippen LogP contribution in [0.15, 0.2) is 48.5 Å². The van der Waals surface area contributed by atoms with Gasteiger partial charge in [0.25, 0.3) is 0 Å². The van der Waals surface area contributed by atoms with E-state index in [-0.39, 0.29) is 16.9 Å². The van der Waals surface area contributed by atoms with Gasteiger partial charge in [0, 0.05) is 0 Å². The molecule has 0 heterocycles. The number of aldehydes is 2. The number of para-hydroxylation sites is 2. The van der Waals surface area contributed by atoms with E-state index in [0.29, 0.717) is 36.8 Å². The summed E-state index contributed by atoms with van der Waals surface area (Å²) in [5.74, 6) is 0.0694. The molecule has 0 radical (unpaired) electrons. The van der Waals surface area contributed by atoms with Gasteiger partial charge in [-0.05, 0) is 42.8 Å². The normalized spacial score (nSPS) is 9.76. The first-order valence-electron chi connectivity index (χ1n) is 7.67. The fourth-order valence-corrected chi connectivity index (χ4v) is 1.26. The zero-order valence-electron chi connectivity index (χ0n) is 14.6. The summed E-state index contributed by atoms with van der Waals surface area (Å²) in [7, 11) is 0. The first kappa shape index (κ1) is 22.3. The predicted octanol–water partition coefficient (Wildman–Crippen LogP) is 2.34. The molecule has 0 unspecified atom stereocenters. The molecule has 0 aromatic heterocycles. The van der Waals surface area contributed by atoms with E-state index in [4.69, 9.17) is 21.7 Å². The Morgan fingerprint density at radius 3 is 1.28 bits per heavy atom. The molecular formula is C19H26N2O4. The van der Waals surface area contributed by atoms with Gasteiger partial charge in [0.1, 0.15) is 11.5 Å². The average molecular weight is 346 g/mol. The zero-order chi connectivity index (χ0) is 19.3. The molecule has 0 spiro atoms. The minimum atomic E-state index is 0.0347. The van der Waals surface area contributed by atoms with Gasteiger partial charge in [-0.1, -0.05) is 38.1 Å². The topological polar surface area (TPSA) is 127 Å². The lowest BCUT2D eigenvalue weighted by molar-refractivity contribution is 0.111. The molecule has 0 amide bonds. The summed E-state index contributed by atoms with van der Waals surface area (Å²) < 4.78 is 0. The van der Waals surface area contributed by atoms with Crippen molar-refractivity contribution in [1.82, 2.24) is 0 Å². The van der Waals surface area contributed by atoms with Crippen LogP contribution < -0.4 is 11.5 Å². The molecule has 25 heavy (non-hydrogen) atoms. The Bertz CT molecular complexity index is 602. The lowest BCUT2D eigenvalue weighted by Gasteiger charge is -2.18. The first-order valence-corrected chi connectivity index (χ1v) is 7.67. The Balaban J connectivity index is 0.000000350. The third-order valence-corrected chi connectivity index (χ3v) is 3.23. The summed E-state index contributed by atoms with van der Waals surface area (Å²) >= 11 is 0. The van der Waals surface area contributed by atoms with Gasteiger partial charge in [-0.15, -0.1) is 0 Å². The number of hydrogen-bond donors (Lipinski definition) is 4. The van der Waals surface area contributed by atoms with Gasteiger partial charge in [-0.2, -0.15) is 0 Å². The average Bonchev–Trinajstić information content (AvgIpc) is 2.63. The summed E-state index contributed by atoms with van der Waals surface area (Å²) in [6.07, 6.45) is 1.24. The molecule has 0 saturated heterocycles. The quantitative estimate of drug-likeness (QED) is 0.629. The van der Waals surface area contributed by atoms with Gasteiger partial charge in [0.2, 0.25) is 0 Å². The summed E-state index contributed by atoms with van der Waals surface area (Å²) in [5.41, 5.74) is 11.5. The van der Waals surface area contributed by atoms with Crippen molar-refractivity contribution in [2.24, 2.45) is 16.9 Å². The van der Waals surface area contributed by atoms with Crippen molar-refractivity contribution >= 4 is 12.6 Å². The van der Waals surface area contributed by atoms with Crippen molar-refractivity contribution in [3.05, 3.63) is 59.7 Å². The van der Waals surface area contributed by atoms with E-state index >= 15 is 0 Å². The van der Waals surface area contributed by atoms with E-state index in [0.717, 1.165) is 0 Å². The molecule has 0 atom stereocenters. The lowest BCUT2D eigenvalue weighted by atomic mass is 9.95. The zero-order valence-corrected chi connectivity index (χ0v) is 14.6. The standard InChI is InChI=1S/2C7H6O2.C5H14N2/c2*8-5-6-3-1-2-4-7(6)9;1-5(2,3-6)4-7/h2*1-5,9H;3-4,6-7H2,1-2H3. The number of nitrogens with two attached hydrogens (primary N) is 2. The van der Waals surface area contributed by atoms with Crippen LogP contribution in [0.4, 0.5) is 0 Å². The molecule has 0 aliphatic heterocycles. The molecule has 6 nitrogen and oxygen atoms in total. The van der Waals surface area contributed by atoms with E-state index in [1.807, 2.05) is 13.8 Å². The third-order valence-electron chi connectivity index (χ3n) is 3.23. The minimum Gasteiger partial charge on any atom is -0.507 e. The molecule has 0 bridgehead atoms. The number of phenols is 2. The molecule has 2 rings (SSSR count). The Kier molecular flexibility index (Phi) is 10.5. The summed E-state index contributed by atoms with van der Waals surface area (Å²) in [6.45, 7) is 5.44. The Hall–Kier alpha value is -2.70. The number of rotatable bonds is 4. The smallest absolute Gasteiger partial charge is 0.153 e. The second-order valence-electron chi connectivity index (χ2n) is 5.93. The van der Waals surface area contributed by atoms with Crippen LogP contribution in [-0.4, -0.2) is 35.9 Å². The molecule has 2 aromatic carbocycles. The fraction of sp³-hybridized carbons (Fsp3) is 0.263.